The minimum atomic E-state index is 0.475. The van der Waals surface area contributed by atoms with Crippen LogP contribution in [0.3, 0.4) is 0 Å². The van der Waals surface area contributed by atoms with Gasteiger partial charge in [-0.15, -0.1) is 0 Å². The second-order valence-corrected chi connectivity index (χ2v) is 2.84. The Bertz CT molecular complexity index is 161. The van der Waals surface area contributed by atoms with Crippen LogP contribution in [0.4, 0.5) is 0 Å². The lowest BCUT2D eigenvalue weighted by Crippen LogP contribution is -2.06. The molecule has 0 radical (unpaired) electrons. The smallest absolute Gasteiger partial charge is 0.0528 e. The van der Waals surface area contributed by atoms with Gasteiger partial charge in [0.2, 0.25) is 0 Å². The average Bonchev–Trinajstić information content (AvgIpc) is 1.88. The van der Waals surface area contributed by atoms with E-state index in [9.17, 15) is 0 Å². The van der Waals surface area contributed by atoms with Crippen molar-refractivity contribution in [3.63, 3.8) is 0 Å². The topological polar surface area (TPSA) is 9.23 Å². The zero-order chi connectivity index (χ0) is 7.40. The quantitative estimate of drug-likeness (QED) is 0.600. The van der Waals surface area contributed by atoms with Crippen LogP contribution in [-0.2, 0) is 4.74 Å². The SMILES string of the molecule is COCC1C=C(Cl)C=CC1. The van der Waals surface area contributed by atoms with E-state index in [0.717, 1.165) is 18.1 Å². The molecule has 1 nitrogen and oxygen atoms in total. The molecule has 1 unspecified atom stereocenters. The predicted octanol–water partition coefficient (Wildman–Crippen LogP) is 2.33. The van der Waals surface area contributed by atoms with Gasteiger partial charge in [-0.1, -0.05) is 23.8 Å². The maximum Gasteiger partial charge on any atom is 0.0528 e. The van der Waals surface area contributed by atoms with E-state index in [1.54, 1.807) is 7.11 Å². The fourth-order valence-corrected chi connectivity index (χ4v) is 1.30. The molecule has 10 heavy (non-hydrogen) atoms. The molecule has 1 aliphatic rings. The largest absolute Gasteiger partial charge is 0.384 e. The van der Waals surface area contributed by atoms with Gasteiger partial charge in [-0.3, -0.25) is 0 Å². The summed E-state index contributed by atoms with van der Waals surface area (Å²) in [4.78, 5) is 0. The monoisotopic (exact) mass is 158 g/mol. The van der Waals surface area contributed by atoms with Crippen LogP contribution in [0.25, 0.3) is 0 Å². The maximum atomic E-state index is 5.77. The Morgan fingerprint density at radius 1 is 1.80 bits per heavy atom. The number of halogens is 1. The normalized spacial score (nSPS) is 24.6. The van der Waals surface area contributed by atoms with E-state index in [-0.39, 0.29) is 0 Å². The lowest BCUT2D eigenvalue weighted by atomic mass is 10.0. The molecule has 0 heterocycles. The van der Waals surface area contributed by atoms with E-state index in [1.807, 2.05) is 12.2 Å². The molecule has 1 rings (SSSR count). The van der Waals surface area contributed by atoms with Crippen LogP contribution in [0.15, 0.2) is 23.3 Å². The number of hydrogen-bond donors (Lipinski definition) is 0. The van der Waals surface area contributed by atoms with Crippen LogP contribution < -0.4 is 0 Å². The number of methoxy groups -OCH3 is 1. The summed E-state index contributed by atoms with van der Waals surface area (Å²) < 4.78 is 4.99. The fraction of sp³-hybridized carbons (Fsp3) is 0.500. The molecule has 1 aliphatic carbocycles. The second kappa shape index (κ2) is 3.79. The summed E-state index contributed by atoms with van der Waals surface area (Å²) in [5.41, 5.74) is 0. The molecule has 0 fully saturated rings. The number of allylic oxidation sites excluding steroid dienone is 3. The summed E-state index contributed by atoms with van der Waals surface area (Å²) in [6.45, 7) is 0.764. The van der Waals surface area contributed by atoms with Gasteiger partial charge in [0.25, 0.3) is 0 Å². The van der Waals surface area contributed by atoms with E-state index in [0.29, 0.717) is 5.92 Å². The second-order valence-electron chi connectivity index (χ2n) is 2.41. The summed E-state index contributed by atoms with van der Waals surface area (Å²) in [6, 6.07) is 0. The number of ether oxygens (including phenoxy) is 1. The van der Waals surface area contributed by atoms with Gasteiger partial charge in [0, 0.05) is 18.1 Å². The molecule has 0 N–H and O–H groups in total. The Labute approximate surface area is 66.3 Å². The van der Waals surface area contributed by atoms with Crippen molar-refractivity contribution >= 4 is 11.6 Å². The third-order valence-electron chi connectivity index (χ3n) is 1.49. The van der Waals surface area contributed by atoms with E-state index in [1.165, 1.54) is 0 Å². The molecule has 0 spiro atoms. The molecule has 0 bridgehead atoms. The summed E-state index contributed by atoms with van der Waals surface area (Å²) in [7, 11) is 1.71. The van der Waals surface area contributed by atoms with Crippen LogP contribution in [0.1, 0.15) is 6.42 Å². The summed E-state index contributed by atoms with van der Waals surface area (Å²) in [6.07, 6.45) is 7.08. The van der Waals surface area contributed by atoms with Crippen molar-refractivity contribution in [2.24, 2.45) is 5.92 Å². The first-order chi connectivity index (χ1) is 4.83. The highest BCUT2D eigenvalue weighted by molar-refractivity contribution is 6.31. The number of hydrogen-bond acceptors (Lipinski definition) is 1. The zero-order valence-electron chi connectivity index (χ0n) is 6.01. The van der Waals surface area contributed by atoms with Crippen LogP contribution in [-0.4, -0.2) is 13.7 Å². The lowest BCUT2D eigenvalue weighted by molar-refractivity contribution is 0.170. The van der Waals surface area contributed by atoms with Crippen molar-refractivity contribution in [1.82, 2.24) is 0 Å². The third kappa shape index (κ3) is 2.16. The van der Waals surface area contributed by atoms with E-state index < -0.39 is 0 Å². The summed E-state index contributed by atoms with van der Waals surface area (Å²) in [5.74, 6) is 0.475. The van der Waals surface area contributed by atoms with E-state index in [4.69, 9.17) is 16.3 Å². The maximum absolute atomic E-state index is 5.77. The van der Waals surface area contributed by atoms with Crippen molar-refractivity contribution in [3.8, 4) is 0 Å². The summed E-state index contributed by atoms with van der Waals surface area (Å²) >= 11 is 5.77. The Kier molecular flexibility index (Phi) is 2.97. The molecule has 0 aromatic rings. The van der Waals surface area contributed by atoms with Crippen molar-refractivity contribution in [1.29, 1.82) is 0 Å². The van der Waals surface area contributed by atoms with Crippen molar-refractivity contribution < 1.29 is 4.74 Å². The predicted molar refractivity (Wildman–Crippen MR) is 43.1 cm³/mol. The molecule has 1 atom stereocenters. The van der Waals surface area contributed by atoms with Gasteiger partial charge in [0.15, 0.2) is 0 Å². The molecular weight excluding hydrogens is 148 g/mol. The van der Waals surface area contributed by atoms with Crippen molar-refractivity contribution in [2.75, 3.05) is 13.7 Å². The fourth-order valence-electron chi connectivity index (χ4n) is 1.03. The van der Waals surface area contributed by atoms with Gasteiger partial charge in [-0.05, 0) is 12.5 Å². The van der Waals surface area contributed by atoms with Gasteiger partial charge < -0.3 is 4.74 Å². The van der Waals surface area contributed by atoms with Crippen LogP contribution in [0.5, 0.6) is 0 Å². The highest BCUT2D eigenvalue weighted by Crippen LogP contribution is 2.18. The Hall–Kier alpha value is -0.270. The van der Waals surface area contributed by atoms with E-state index in [2.05, 4.69) is 6.08 Å². The molecule has 2 heteroatoms. The van der Waals surface area contributed by atoms with Gasteiger partial charge in [-0.25, -0.2) is 0 Å². The minimum absolute atomic E-state index is 0.475. The molecule has 0 saturated carbocycles. The first-order valence-electron chi connectivity index (χ1n) is 3.35. The Morgan fingerprint density at radius 3 is 3.20 bits per heavy atom. The molecule has 0 aliphatic heterocycles. The van der Waals surface area contributed by atoms with Gasteiger partial charge >= 0.3 is 0 Å². The van der Waals surface area contributed by atoms with Gasteiger partial charge in [-0.2, -0.15) is 0 Å². The van der Waals surface area contributed by atoms with Crippen LogP contribution in [0, 0.1) is 5.92 Å². The summed E-state index contributed by atoms with van der Waals surface area (Å²) in [5, 5.41) is 0.827. The van der Waals surface area contributed by atoms with Crippen molar-refractivity contribution in [2.45, 2.75) is 6.42 Å². The van der Waals surface area contributed by atoms with Crippen molar-refractivity contribution in [3.05, 3.63) is 23.3 Å². The molecule has 56 valence electrons. The van der Waals surface area contributed by atoms with Gasteiger partial charge in [0.1, 0.15) is 0 Å². The van der Waals surface area contributed by atoms with Gasteiger partial charge in [0.05, 0.1) is 6.61 Å². The first-order valence-corrected chi connectivity index (χ1v) is 3.73. The zero-order valence-corrected chi connectivity index (χ0v) is 6.77. The third-order valence-corrected chi connectivity index (χ3v) is 1.74. The van der Waals surface area contributed by atoms with Crippen LogP contribution in [0.2, 0.25) is 0 Å². The molecule has 0 aromatic carbocycles. The molecular formula is C8H11ClO. The Morgan fingerprint density at radius 2 is 2.60 bits per heavy atom. The van der Waals surface area contributed by atoms with Crippen LogP contribution >= 0.6 is 11.6 Å². The molecule has 0 aromatic heterocycles. The standard InChI is InChI=1S/C8H11ClO/c1-10-6-7-3-2-4-8(9)5-7/h2,4-5,7H,3,6H2,1H3. The van der Waals surface area contributed by atoms with E-state index >= 15 is 0 Å². The number of rotatable bonds is 2. The lowest BCUT2D eigenvalue weighted by Gasteiger charge is -2.12. The molecule has 0 amide bonds. The minimum Gasteiger partial charge on any atom is -0.384 e. The first kappa shape index (κ1) is 7.83. The molecule has 0 saturated heterocycles. The highest BCUT2D eigenvalue weighted by atomic mass is 35.5. The average molecular weight is 159 g/mol. The Balaban J connectivity index is 2.43. The highest BCUT2D eigenvalue weighted by Gasteiger charge is 2.06.